The van der Waals surface area contributed by atoms with Gasteiger partial charge in [-0.15, -0.1) is 0 Å². The number of rotatable bonds is 9. The van der Waals surface area contributed by atoms with Gasteiger partial charge in [0.15, 0.2) is 0 Å². The van der Waals surface area contributed by atoms with Gasteiger partial charge in [-0.25, -0.2) is 0 Å². The molecule has 0 spiro atoms. The molecular weight excluding hydrogens is 282 g/mol. The summed E-state index contributed by atoms with van der Waals surface area (Å²) >= 11 is 2.06. The molecule has 3 unspecified atom stereocenters. The highest BCUT2D eigenvalue weighted by Gasteiger charge is 2.24. The summed E-state index contributed by atoms with van der Waals surface area (Å²) in [6.07, 6.45) is 3.34. The zero-order chi connectivity index (χ0) is 14.9. The molecule has 0 saturated heterocycles. The molecule has 1 saturated carbocycles. The maximum atomic E-state index is 9.96. The number of benzene rings is 1. The van der Waals surface area contributed by atoms with Crippen molar-refractivity contribution in [3.63, 3.8) is 0 Å². The molecule has 1 aliphatic carbocycles. The third-order valence-electron chi connectivity index (χ3n) is 3.85. The molecule has 0 amide bonds. The molecule has 2 N–H and O–H groups in total. The van der Waals surface area contributed by atoms with Gasteiger partial charge in [-0.3, -0.25) is 0 Å². The molecule has 0 heterocycles. The van der Waals surface area contributed by atoms with Crippen molar-refractivity contribution in [2.45, 2.75) is 50.2 Å². The Kier molecular flexibility index (Phi) is 7.58. The zero-order valence-electron chi connectivity index (χ0n) is 12.8. The molecule has 1 fully saturated rings. The highest BCUT2D eigenvalue weighted by molar-refractivity contribution is 7.99. The monoisotopic (exact) mass is 309 g/mol. The van der Waals surface area contributed by atoms with Gasteiger partial charge < -0.3 is 15.2 Å². The number of aliphatic hydroxyl groups excluding tert-OH is 1. The van der Waals surface area contributed by atoms with Crippen molar-refractivity contribution < 1.29 is 9.84 Å². The summed E-state index contributed by atoms with van der Waals surface area (Å²) in [5.74, 6) is 1.20. The molecule has 1 aliphatic rings. The first-order valence-electron chi connectivity index (χ1n) is 7.92. The number of hydrogen-bond donors (Lipinski definition) is 2. The van der Waals surface area contributed by atoms with E-state index in [0.717, 1.165) is 10.8 Å². The smallest absolute Gasteiger partial charge is 0.0897 e. The number of ether oxygens (including phenoxy) is 1. The van der Waals surface area contributed by atoms with Crippen LogP contribution in [0.3, 0.4) is 0 Å². The summed E-state index contributed by atoms with van der Waals surface area (Å²) in [6.45, 7) is 3.81. The van der Waals surface area contributed by atoms with Gasteiger partial charge in [0.05, 0.1) is 19.3 Å². The van der Waals surface area contributed by atoms with Crippen LogP contribution in [0.15, 0.2) is 30.3 Å². The molecule has 0 radical (unpaired) electrons. The van der Waals surface area contributed by atoms with E-state index in [1.807, 2.05) is 30.3 Å². The number of thioether (sulfide) groups is 1. The SMILES string of the molecule is CCSC1CCC(NCC(O)COCc2ccccc2)C1. The van der Waals surface area contributed by atoms with E-state index < -0.39 is 6.10 Å². The van der Waals surface area contributed by atoms with E-state index >= 15 is 0 Å². The summed E-state index contributed by atoms with van der Waals surface area (Å²) in [5, 5.41) is 14.2. The lowest BCUT2D eigenvalue weighted by Gasteiger charge is -2.17. The van der Waals surface area contributed by atoms with Crippen molar-refractivity contribution >= 4 is 11.8 Å². The van der Waals surface area contributed by atoms with E-state index in [4.69, 9.17) is 4.74 Å². The van der Waals surface area contributed by atoms with Gasteiger partial charge in [-0.1, -0.05) is 37.3 Å². The molecule has 0 aromatic heterocycles. The first kappa shape index (κ1) is 16.8. The highest BCUT2D eigenvalue weighted by atomic mass is 32.2. The lowest BCUT2D eigenvalue weighted by Crippen LogP contribution is -2.36. The fraction of sp³-hybridized carbons (Fsp3) is 0.647. The quantitative estimate of drug-likeness (QED) is 0.736. The van der Waals surface area contributed by atoms with E-state index in [2.05, 4.69) is 24.0 Å². The predicted molar refractivity (Wildman–Crippen MR) is 89.7 cm³/mol. The molecular formula is C17H27NO2S. The molecule has 0 aliphatic heterocycles. The lowest BCUT2D eigenvalue weighted by molar-refractivity contribution is 0.0277. The number of aliphatic hydroxyl groups is 1. The Balaban J connectivity index is 1.55. The van der Waals surface area contributed by atoms with Crippen molar-refractivity contribution in [3.05, 3.63) is 35.9 Å². The van der Waals surface area contributed by atoms with Crippen LogP contribution in [0.1, 0.15) is 31.7 Å². The van der Waals surface area contributed by atoms with Crippen molar-refractivity contribution in [1.29, 1.82) is 0 Å². The van der Waals surface area contributed by atoms with E-state index in [1.165, 1.54) is 25.0 Å². The molecule has 0 bridgehead atoms. The Bertz CT molecular complexity index is 388. The van der Waals surface area contributed by atoms with Crippen molar-refractivity contribution in [3.8, 4) is 0 Å². The van der Waals surface area contributed by atoms with Gasteiger partial charge in [0, 0.05) is 17.8 Å². The van der Waals surface area contributed by atoms with Crippen LogP contribution in [-0.2, 0) is 11.3 Å². The van der Waals surface area contributed by atoms with Crippen LogP contribution in [0, 0.1) is 0 Å². The van der Waals surface area contributed by atoms with Gasteiger partial charge in [0.1, 0.15) is 0 Å². The lowest BCUT2D eigenvalue weighted by atomic mass is 10.2. The maximum Gasteiger partial charge on any atom is 0.0897 e. The van der Waals surface area contributed by atoms with Gasteiger partial charge in [-0.2, -0.15) is 11.8 Å². The Morgan fingerprint density at radius 3 is 2.90 bits per heavy atom. The van der Waals surface area contributed by atoms with Crippen molar-refractivity contribution in [2.75, 3.05) is 18.9 Å². The third-order valence-corrected chi connectivity index (χ3v) is 5.08. The van der Waals surface area contributed by atoms with E-state index in [0.29, 0.717) is 25.8 Å². The minimum Gasteiger partial charge on any atom is -0.389 e. The standard InChI is InChI=1S/C17H27NO2S/c1-2-21-17-9-8-15(10-17)18-11-16(19)13-20-12-14-6-4-3-5-7-14/h3-7,15-19H,2,8-13H2,1H3. The average Bonchev–Trinajstić information content (AvgIpc) is 2.94. The summed E-state index contributed by atoms with van der Waals surface area (Å²) in [5.41, 5.74) is 1.15. The second-order valence-corrected chi connectivity index (χ2v) is 7.23. The Morgan fingerprint density at radius 2 is 2.14 bits per heavy atom. The summed E-state index contributed by atoms with van der Waals surface area (Å²) < 4.78 is 5.56. The van der Waals surface area contributed by atoms with E-state index in [-0.39, 0.29) is 0 Å². The first-order chi connectivity index (χ1) is 10.3. The Labute approximate surface area is 132 Å². The molecule has 2 rings (SSSR count). The fourth-order valence-electron chi connectivity index (χ4n) is 2.76. The summed E-state index contributed by atoms with van der Waals surface area (Å²) in [6, 6.07) is 10.6. The van der Waals surface area contributed by atoms with Crippen LogP contribution in [0.4, 0.5) is 0 Å². The predicted octanol–water partition coefficient (Wildman–Crippen LogP) is 2.83. The molecule has 21 heavy (non-hydrogen) atoms. The first-order valence-corrected chi connectivity index (χ1v) is 8.97. The average molecular weight is 309 g/mol. The van der Waals surface area contributed by atoms with E-state index in [1.54, 1.807) is 0 Å². The second kappa shape index (κ2) is 9.46. The van der Waals surface area contributed by atoms with Gasteiger partial charge in [0.25, 0.3) is 0 Å². The van der Waals surface area contributed by atoms with Crippen LogP contribution >= 0.6 is 11.8 Å². The largest absolute Gasteiger partial charge is 0.389 e. The molecule has 1 aromatic carbocycles. The van der Waals surface area contributed by atoms with E-state index in [9.17, 15) is 5.11 Å². The minimum atomic E-state index is -0.424. The molecule has 3 atom stereocenters. The molecule has 118 valence electrons. The highest BCUT2D eigenvalue weighted by Crippen LogP contribution is 2.29. The van der Waals surface area contributed by atoms with Gasteiger partial charge >= 0.3 is 0 Å². The minimum absolute atomic E-state index is 0.391. The molecule has 3 nitrogen and oxygen atoms in total. The number of hydrogen-bond acceptors (Lipinski definition) is 4. The molecule has 1 aromatic rings. The second-order valence-electron chi connectivity index (χ2n) is 5.65. The van der Waals surface area contributed by atoms with Crippen LogP contribution in [0.5, 0.6) is 0 Å². The van der Waals surface area contributed by atoms with Crippen molar-refractivity contribution in [2.24, 2.45) is 0 Å². The van der Waals surface area contributed by atoms with Crippen LogP contribution in [0.2, 0.25) is 0 Å². The van der Waals surface area contributed by atoms with Crippen LogP contribution in [0.25, 0.3) is 0 Å². The van der Waals surface area contributed by atoms with Gasteiger partial charge in [0.2, 0.25) is 0 Å². The Hall–Kier alpha value is -0.550. The zero-order valence-corrected chi connectivity index (χ0v) is 13.6. The van der Waals surface area contributed by atoms with Crippen LogP contribution < -0.4 is 5.32 Å². The summed E-state index contributed by atoms with van der Waals surface area (Å²) in [4.78, 5) is 0. The number of nitrogens with one attached hydrogen (secondary N) is 1. The maximum absolute atomic E-state index is 9.96. The fourth-order valence-corrected chi connectivity index (χ4v) is 3.90. The van der Waals surface area contributed by atoms with Crippen LogP contribution in [-0.4, -0.2) is 41.4 Å². The Morgan fingerprint density at radius 1 is 1.33 bits per heavy atom. The van der Waals surface area contributed by atoms with Crippen molar-refractivity contribution in [1.82, 2.24) is 5.32 Å². The topological polar surface area (TPSA) is 41.5 Å². The normalized spacial score (nSPS) is 23.3. The summed E-state index contributed by atoms with van der Waals surface area (Å²) in [7, 11) is 0. The third kappa shape index (κ3) is 6.39. The van der Waals surface area contributed by atoms with Gasteiger partial charge in [-0.05, 0) is 30.6 Å². The molecule has 4 heteroatoms.